The third-order valence-electron chi connectivity index (χ3n) is 7.69. The van der Waals surface area contributed by atoms with E-state index in [4.69, 9.17) is 5.73 Å². The molecule has 0 radical (unpaired) electrons. The highest BCUT2D eigenvalue weighted by Crippen LogP contribution is 2.29. The molecule has 2 amide bonds. The lowest BCUT2D eigenvalue weighted by Crippen LogP contribution is -2.44. The molecule has 9 heteroatoms. The Labute approximate surface area is 215 Å². The predicted molar refractivity (Wildman–Crippen MR) is 140 cm³/mol. The molecule has 4 N–H and O–H groups in total. The largest absolute Gasteiger partial charge is 0.477 e. The maximum absolute atomic E-state index is 12.8. The number of carboxylic acids is 1. The van der Waals surface area contributed by atoms with Gasteiger partial charge in [-0.1, -0.05) is 19.3 Å². The fourth-order valence-electron chi connectivity index (χ4n) is 5.68. The summed E-state index contributed by atoms with van der Waals surface area (Å²) in [5, 5.41) is 13.9. The van der Waals surface area contributed by atoms with Crippen molar-refractivity contribution in [2.45, 2.75) is 57.5 Å². The van der Waals surface area contributed by atoms with E-state index in [-0.39, 0.29) is 17.5 Å². The highest BCUT2D eigenvalue weighted by atomic mass is 16.4. The molecule has 1 aliphatic heterocycles. The number of nitrogens with zero attached hydrogens (tertiary/aromatic N) is 3. The van der Waals surface area contributed by atoms with Gasteiger partial charge in [-0.2, -0.15) is 0 Å². The molecule has 5 rings (SSSR count). The third kappa shape index (κ3) is 5.36. The quantitative estimate of drug-likeness (QED) is 0.452. The first-order valence-corrected chi connectivity index (χ1v) is 13.1. The lowest BCUT2D eigenvalue weighted by atomic mass is 9.92. The van der Waals surface area contributed by atoms with Crippen LogP contribution in [-0.2, 0) is 11.3 Å². The molecule has 1 saturated heterocycles. The second-order valence-electron chi connectivity index (χ2n) is 10.2. The average Bonchev–Trinajstić information content (AvgIpc) is 3.29. The molecule has 1 saturated carbocycles. The summed E-state index contributed by atoms with van der Waals surface area (Å²) in [5.41, 5.74) is 8.00. The van der Waals surface area contributed by atoms with Gasteiger partial charge in [-0.05, 0) is 80.7 Å². The normalized spacial score (nSPS) is 17.6. The van der Waals surface area contributed by atoms with E-state index < -0.39 is 11.9 Å². The number of aromatic carboxylic acids is 1. The fraction of sp³-hybridized carbons (Fsp3) is 0.429. The zero-order chi connectivity index (χ0) is 25.9. The second kappa shape index (κ2) is 10.7. The Hall–Kier alpha value is -3.72. The molecule has 194 valence electrons. The molecule has 2 fully saturated rings. The van der Waals surface area contributed by atoms with Crippen molar-refractivity contribution in [3.63, 3.8) is 0 Å². The summed E-state index contributed by atoms with van der Waals surface area (Å²) in [6.07, 6.45) is 8.93. The number of pyridine rings is 1. The first-order chi connectivity index (χ1) is 17.9. The van der Waals surface area contributed by atoms with E-state index in [2.05, 4.69) is 15.2 Å². The van der Waals surface area contributed by atoms with Gasteiger partial charge in [0.25, 0.3) is 0 Å². The molecule has 1 aliphatic carbocycles. The first kappa shape index (κ1) is 25.0. The molecular weight excluding hydrogens is 470 g/mol. The van der Waals surface area contributed by atoms with Crippen LogP contribution in [0.15, 0.2) is 42.6 Å². The highest BCUT2D eigenvalue weighted by Gasteiger charge is 2.28. The van der Waals surface area contributed by atoms with Gasteiger partial charge < -0.3 is 16.2 Å². The van der Waals surface area contributed by atoms with Crippen LogP contribution in [0.2, 0.25) is 0 Å². The van der Waals surface area contributed by atoms with Gasteiger partial charge in [0.1, 0.15) is 11.3 Å². The minimum Gasteiger partial charge on any atom is -0.477 e. The number of nitrogens with one attached hydrogen (secondary N) is 1. The summed E-state index contributed by atoms with van der Waals surface area (Å²) in [6, 6.07) is 10.6. The molecule has 0 unspecified atom stereocenters. The van der Waals surface area contributed by atoms with E-state index in [1.165, 1.54) is 19.3 Å². The summed E-state index contributed by atoms with van der Waals surface area (Å²) in [4.78, 5) is 43.6. The molecule has 2 aliphatic rings. The van der Waals surface area contributed by atoms with Gasteiger partial charge in [-0.15, -0.1) is 0 Å². The topological polar surface area (TPSA) is 131 Å². The van der Waals surface area contributed by atoms with Gasteiger partial charge in [-0.25, -0.2) is 9.78 Å². The van der Waals surface area contributed by atoms with Crippen molar-refractivity contribution in [3.8, 4) is 5.69 Å². The van der Waals surface area contributed by atoms with Crippen molar-refractivity contribution in [2.75, 3.05) is 13.1 Å². The van der Waals surface area contributed by atoms with Gasteiger partial charge >= 0.3 is 5.97 Å². The number of aromatic nitrogens is 2. The molecule has 37 heavy (non-hydrogen) atoms. The van der Waals surface area contributed by atoms with Crippen LogP contribution in [0.25, 0.3) is 16.7 Å². The smallest absolute Gasteiger partial charge is 0.352 e. The number of nitrogens with two attached hydrogens (primary N) is 1. The maximum atomic E-state index is 12.8. The molecule has 0 spiro atoms. The zero-order valence-corrected chi connectivity index (χ0v) is 20.9. The predicted octanol–water partition coefficient (Wildman–Crippen LogP) is 3.48. The minimum atomic E-state index is -1.06. The lowest BCUT2D eigenvalue weighted by molar-refractivity contribution is -0.127. The van der Waals surface area contributed by atoms with Crippen molar-refractivity contribution in [2.24, 2.45) is 11.7 Å². The van der Waals surface area contributed by atoms with Crippen LogP contribution in [0, 0.1) is 5.92 Å². The van der Waals surface area contributed by atoms with Crippen LogP contribution >= 0.6 is 0 Å². The van der Waals surface area contributed by atoms with Crippen molar-refractivity contribution >= 4 is 28.8 Å². The number of carbonyl (C=O) groups excluding carboxylic acids is 2. The number of hydrogen-bond donors (Lipinski definition) is 3. The second-order valence-corrected chi connectivity index (χ2v) is 10.2. The number of likely N-dealkylation sites (tertiary alicyclic amines) is 1. The lowest BCUT2D eigenvalue weighted by Gasteiger charge is -2.33. The fourth-order valence-corrected chi connectivity index (χ4v) is 5.68. The number of primary amides is 1. The number of carbonyl (C=O) groups is 3. The summed E-state index contributed by atoms with van der Waals surface area (Å²) in [7, 11) is 0. The van der Waals surface area contributed by atoms with Crippen molar-refractivity contribution < 1.29 is 19.5 Å². The number of amides is 2. The maximum Gasteiger partial charge on any atom is 0.352 e. The van der Waals surface area contributed by atoms with Crippen LogP contribution < -0.4 is 11.1 Å². The molecule has 2 aromatic heterocycles. The van der Waals surface area contributed by atoms with Crippen LogP contribution in [0.1, 0.15) is 71.4 Å². The summed E-state index contributed by atoms with van der Waals surface area (Å²) < 4.78 is 1.63. The van der Waals surface area contributed by atoms with E-state index in [1.54, 1.807) is 41.1 Å². The molecule has 9 nitrogen and oxygen atoms in total. The monoisotopic (exact) mass is 503 g/mol. The van der Waals surface area contributed by atoms with Gasteiger partial charge in [0, 0.05) is 35.7 Å². The van der Waals surface area contributed by atoms with Crippen LogP contribution in [0.4, 0.5) is 0 Å². The Bertz CT molecular complexity index is 1320. The van der Waals surface area contributed by atoms with Gasteiger partial charge in [0.15, 0.2) is 0 Å². The van der Waals surface area contributed by atoms with Crippen LogP contribution in [0.5, 0.6) is 0 Å². The van der Waals surface area contributed by atoms with E-state index in [1.807, 2.05) is 6.07 Å². The number of fused-ring (bicyclic) bond motifs is 1. The van der Waals surface area contributed by atoms with E-state index in [0.29, 0.717) is 29.5 Å². The molecule has 3 aromatic rings. The number of carboxylic acid groups (broad SMARTS) is 1. The number of piperidine rings is 1. The SMILES string of the molecule is NC(=O)c1ccc(-n2c(C(=O)O)cc3cccnc32)c(CN2CCC(C(=O)NC3CCCCC3)CC2)c1. The van der Waals surface area contributed by atoms with E-state index in [0.717, 1.165) is 49.7 Å². The van der Waals surface area contributed by atoms with Gasteiger partial charge in [0.05, 0.1) is 5.69 Å². The molecule has 1 aromatic carbocycles. The summed E-state index contributed by atoms with van der Waals surface area (Å²) >= 11 is 0. The Morgan fingerprint density at radius 3 is 2.49 bits per heavy atom. The number of rotatable bonds is 7. The minimum absolute atomic E-state index is 0.00538. The van der Waals surface area contributed by atoms with Gasteiger partial charge in [0.2, 0.25) is 11.8 Å². The number of benzene rings is 1. The Kier molecular flexibility index (Phi) is 7.23. The van der Waals surface area contributed by atoms with Gasteiger partial charge in [-0.3, -0.25) is 19.1 Å². The summed E-state index contributed by atoms with van der Waals surface area (Å²) in [5.74, 6) is -1.43. The van der Waals surface area contributed by atoms with Crippen LogP contribution in [0.3, 0.4) is 0 Å². The third-order valence-corrected chi connectivity index (χ3v) is 7.69. The van der Waals surface area contributed by atoms with E-state index in [9.17, 15) is 19.5 Å². The first-order valence-electron chi connectivity index (χ1n) is 13.1. The Morgan fingerprint density at radius 2 is 1.78 bits per heavy atom. The molecule has 0 bridgehead atoms. The van der Waals surface area contributed by atoms with E-state index >= 15 is 0 Å². The average molecular weight is 504 g/mol. The summed E-state index contributed by atoms with van der Waals surface area (Å²) in [6.45, 7) is 1.97. The molecular formula is C28H33N5O4. The standard InChI is InChI=1S/C28H33N5O4/c29-25(34)19-8-9-23(33-24(28(36)37)16-20-5-4-12-30-26(20)33)21(15-19)17-32-13-10-18(11-14-32)27(35)31-22-6-2-1-3-7-22/h4-5,8-9,12,15-16,18,22H,1-3,6-7,10-11,13-14,17H2,(H2,29,34)(H,31,35)(H,36,37). The van der Waals surface area contributed by atoms with Crippen LogP contribution in [-0.4, -0.2) is 56.5 Å². The zero-order valence-electron chi connectivity index (χ0n) is 20.9. The molecule has 0 atom stereocenters. The Morgan fingerprint density at radius 1 is 1.03 bits per heavy atom. The Balaban J connectivity index is 1.37. The van der Waals surface area contributed by atoms with Crippen molar-refractivity contribution in [3.05, 3.63) is 59.4 Å². The number of hydrogen-bond acceptors (Lipinski definition) is 5. The molecule has 3 heterocycles. The van der Waals surface area contributed by atoms with Crippen molar-refractivity contribution in [1.82, 2.24) is 19.8 Å². The van der Waals surface area contributed by atoms with Crippen molar-refractivity contribution in [1.29, 1.82) is 0 Å². The highest BCUT2D eigenvalue weighted by molar-refractivity contribution is 5.96.